The summed E-state index contributed by atoms with van der Waals surface area (Å²) in [6.45, 7) is 1.47. The maximum absolute atomic E-state index is 13.6. The zero-order chi connectivity index (χ0) is 30.5. The molecular formula is C28H30N6O8S. The third-order valence-corrected chi connectivity index (χ3v) is 9.15. The van der Waals surface area contributed by atoms with Gasteiger partial charge in [-0.05, 0) is 42.8 Å². The van der Waals surface area contributed by atoms with Crippen LogP contribution in [0.15, 0.2) is 59.9 Å². The van der Waals surface area contributed by atoms with Crippen LogP contribution in [0.2, 0.25) is 0 Å². The molecule has 0 amide bonds. The van der Waals surface area contributed by atoms with Gasteiger partial charge in [-0.1, -0.05) is 17.7 Å². The second kappa shape index (κ2) is 11.1. The first-order chi connectivity index (χ1) is 20.6. The molecule has 226 valence electrons. The number of ether oxygens (including phenoxy) is 3. The smallest absolute Gasteiger partial charge is 0.320 e. The fourth-order valence-electron chi connectivity index (χ4n) is 5.12. The number of nitrogen functional groups attached to an aromatic ring is 1. The van der Waals surface area contributed by atoms with Crippen LogP contribution in [0.4, 0.5) is 5.82 Å². The number of nitrogens with zero attached hydrogens (tertiary/aromatic N) is 5. The lowest BCUT2D eigenvalue weighted by Gasteiger charge is -2.16. The van der Waals surface area contributed by atoms with Gasteiger partial charge in [-0.15, -0.1) is 0 Å². The van der Waals surface area contributed by atoms with Crippen LogP contribution in [0.1, 0.15) is 17.4 Å². The first kappa shape index (κ1) is 28.8. The minimum absolute atomic E-state index is 0.0241. The second-order valence-corrected chi connectivity index (χ2v) is 12.0. The van der Waals surface area contributed by atoms with Crippen molar-refractivity contribution in [3.63, 3.8) is 0 Å². The average Bonchev–Trinajstić information content (AvgIpc) is 3.67. The van der Waals surface area contributed by atoms with Gasteiger partial charge in [0.05, 0.1) is 37.1 Å². The molecule has 5 aromatic rings. The van der Waals surface area contributed by atoms with Crippen LogP contribution in [0.5, 0.6) is 11.8 Å². The van der Waals surface area contributed by atoms with E-state index in [1.54, 1.807) is 48.7 Å². The van der Waals surface area contributed by atoms with E-state index in [2.05, 4.69) is 15.0 Å². The number of fused-ring (bicyclic) bond motifs is 2. The Morgan fingerprint density at radius 2 is 1.86 bits per heavy atom. The molecule has 1 saturated heterocycles. The van der Waals surface area contributed by atoms with Crippen LogP contribution in [0, 0.1) is 6.92 Å². The van der Waals surface area contributed by atoms with E-state index in [0.717, 1.165) is 5.56 Å². The van der Waals surface area contributed by atoms with Gasteiger partial charge >= 0.3 is 6.01 Å². The number of aromatic nitrogens is 5. The second-order valence-electron chi connectivity index (χ2n) is 10.2. The van der Waals surface area contributed by atoms with E-state index >= 15 is 0 Å². The summed E-state index contributed by atoms with van der Waals surface area (Å²) in [7, 11) is -2.36. The SMILES string of the molecule is COc1ccc2c(c1)c(CCOc1nc(N)c3ncn([C@@H]4O[C@H](CO)[C@@H](O)[C@H]4O)c3n1)cn2S(=O)(=O)c1ccc(C)cc1. The third-order valence-electron chi connectivity index (χ3n) is 7.46. The fourth-order valence-corrected chi connectivity index (χ4v) is 6.52. The molecule has 0 spiro atoms. The fraction of sp³-hybridized carbons (Fsp3) is 0.321. The molecular weight excluding hydrogens is 580 g/mol. The number of rotatable bonds is 9. The van der Waals surface area contributed by atoms with Crippen molar-refractivity contribution in [2.45, 2.75) is 42.8 Å². The van der Waals surface area contributed by atoms with Gasteiger partial charge in [0.1, 0.15) is 24.1 Å². The van der Waals surface area contributed by atoms with E-state index in [1.807, 2.05) is 6.92 Å². The maximum Gasteiger partial charge on any atom is 0.320 e. The number of aliphatic hydroxyl groups is 3. The summed E-state index contributed by atoms with van der Waals surface area (Å²) in [6, 6.07) is 11.7. The highest BCUT2D eigenvalue weighted by molar-refractivity contribution is 7.90. The van der Waals surface area contributed by atoms with Crippen molar-refractivity contribution in [1.29, 1.82) is 0 Å². The Bertz CT molecular complexity index is 1910. The van der Waals surface area contributed by atoms with E-state index in [9.17, 15) is 23.7 Å². The van der Waals surface area contributed by atoms with Gasteiger partial charge in [0.25, 0.3) is 10.0 Å². The van der Waals surface area contributed by atoms with Gasteiger partial charge < -0.3 is 35.3 Å². The molecule has 14 nitrogen and oxygen atoms in total. The van der Waals surface area contributed by atoms with Crippen molar-refractivity contribution in [2.75, 3.05) is 26.1 Å². The Labute approximate surface area is 246 Å². The summed E-state index contributed by atoms with van der Waals surface area (Å²) in [5.41, 5.74) is 8.66. The normalized spacial score (nSPS) is 20.7. The number of aliphatic hydroxyl groups excluding tert-OH is 3. The minimum atomic E-state index is -3.89. The van der Waals surface area contributed by atoms with E-state index in [4.69, 9.17) is 19.9 Å². The highest BCUT2D eigenvalue weighted by Gasteiger charge is 2.44. The first-order valence-electron chi connectivity index (χ1n) is 13.4. The molecule has 6 rings (SSSR count). The lowest BCUT2D eigenvalue weighted by molar-refractivity contribution is -0.0511. The predicted molar refractivity (Wildman–Crippen MR) is 154 cm³/mol. The topological polar surface area (TPSA) is 197 Å². The zero-order valence-corrected chi connectivity index (χ0v) is 24.0. The summed E-state index contributed by atoms with van der Waals surface area (Å²) in [4.78, 5) is 12.9. The molecule has 0 bridgehead atoms. The standard InChI is InChI=1S/C28H30N6O8S/c1-15-3-6-18(7-4-15)43(38,39)34-12-16(19-11-17(40-2)5-8-20(19)34)9-10-41-28-31-25(29)22-26(32-28)33(14-30-22)27-24(37)23(36)21(13-35)42-27/h3-8,11-12,14,21,23-24,27,35-37H,9-10,13H2,1-2H3,(H2,29,31,32)/t21-,23-,24-,27-/m1/s1. The number of methoxy groups -OCH3 is 1. The number of hydrogen-bond donors (Lipinski definition) is 4. The van der Waals surface area contributed by atoms with Crippen molar-refractivity contribution in [3.8, 4) is 11.8 Å². The van der Waals surface area contributed by atoms with Crippen molar-refractivity contribution >= 4 is 37.9 Å². The number of anilines is 1. The lowest BCUT2D eigenvalue weighted by atomic mass is 10.1. The molecule has 1 fully saturated rings. The quantitative estimate of drug-likeness (QED) is 0.186. The zero-order valence-electron chi connectivity index (χ0n) is 23.2. The minimum Gasteiger partial charge on any atom is -0.497 e. The molecule has 0 aliphatic carbocycles. The van der Waals surface area contributed by atoms with Crippen LogP contribution in [0.25, 0.3) is 22.1 Å². The van der Waals surface area contributed by atoms with Crippen molar-refractivity contribution < 1.29 is 37.9 Å². The highest BCUT2D eigenvalue weighted by Crippen LogP contribution is 2.33. The monoisotopic (exact) mass is 610 g/mol. The molecule has 1 aliphatic heterocycles. The van der Waals surface area contributed by atoms with Crippen LogP contribution in [0.3, 0.4) is 0 Å². The van der Waals surface area contributed by atoms with E-state index < -0.39 is 41.2 Å². The summed E-state index contributed by atoms with van der Waals surface area (Å²) in [6.07, 6.45) is -1.51. The summed E-state index contributed by atoms with van der Waals surface area (Å²) in [5, 5.41) is 30.8. The largest absolute Gasteiger partial charge is 0.497 e. The summed E-state index contributed by atoms with van der Waals surface area (Å²) < 4.78 is 46.6. The van der Waals surface area contributed by atoms with E-state index in [1.165, 1.54) is 22.0 Å². The van der Waals surface area contributed by atoms with Gasteiger partial charge in [-0.2, -0.15) is 9.97 Å². The Balaban J connectivity index is 1.28. The molecule has 0 unspecified atom stereocenters. The van der Waals surface area contributed by atoms with Crippen LogP contribution >= 0.6 is 0 Å². The van der Waals surface area contributed by atoms with Gasteiger partial charge in [0.15, 0.2) is 23.2 Å². The molecule has 15 heteroatoms. The molecule has 0 radical (unpaired) electrons. The average molecular weight is 611 g/mol. The Hall–Kier alpha value is -4.28. The van der Waals surface area contributed by atoms with Crippen molar-refractivity contribution in [1.82, 2.24) is 23.5 Å². The molecule has 4 atom stereocenters. The summed E-state index contributed by atoms with van der Waals surface area (Å²) in [5.74, 6) is 0.593. The number of nitrogens with two attached hydrogens (primary N) is 1. The highest BCUT2D eigenvalue weighted by atomic mass is 32.2. The predicted octanol–water partition coefficient (Wildman–Crippen LogP) is 1.15. The van der Waals surface area contributed by atoms with Gasteiger partial charge in [0.2, 0.25) is 0 Å². The number of benzene rings is 2. The molecule has 1 aliphatic rings. The third kappa shape index (κ3) is 5.04. The van der Waals surface area contributed by atoms with Gasteiger partial charge in [-0.3, -0.25) is 4.57 Å². The number of hydrogen-bond acceptors (Lipinski definition) is 12. The Morgan fingerprint density at radius 3 is 2.56 bits per heavy atom. The molecule has 4 heterocycles. The van der Waals surface area contributed by atoms with Gasteiger partial charge in [0, 0.05) is 18.0 Å². The first-order valence-corrected chi connectivity index (χ1v) is 14.8. The lowest BCUT2D eigenvalue weighted by Crippen LogP contribution is -2.33. The number of aryl methyl sites for hydroxylation is 1. The van der Waals surface area contributed by atoms with E-state index in [0.29, 0.717) is 22.2 Å². The van der Waals surface area contributed by atoms with Crippen LogP contribution in [-0.4, -0.2) is 85.9 Å². The summed E-state index contributed by atoms with van der Waals surface area (Å²) >= 11 is 0. The Kier molecular flexibility index (Phi) is 7.43. The van der Waals surface area contributed by atoms with Crippen molar-refractivity contribution in [3.05, 3.63) is 66.1 Å². The molecule has 2 aromatic carbocycles. The van der Waals surface area contributed by atoms with E-state index in [-0.39, 0.29) is 40.9 Å². The molecule has 5 N–H and O–H groups in total. The van der Waals surface area contributed by atoms with Crippen LogP contribution in [-0.2, 0) is 21.2 Å². The molecule has 43 heavy (non-hydrogen) atoms. The number of imidazole rings is 1. The molecule has 0 saturated carbocycles. The van der Waals surface area contributed by atoms with Crippen molar-refractivity contribution in [2.24, 2.45) is 0 Å². The van der Waals surface area contributed by atoms with Gasteiger partial charge in [-0.25, -0.2) is 17.4 Å². The molecule has 3 aromatic heterocycles. The van der Waals surface area contributed by atoms with Crippen LogP contribution < -0.4 is 15.2 Å². The Morgan fingerprint density at radius 1 is 1.09 bits per heavy atom. The maximum atomic E-state index is 13.6.